The van der Waals surface area contributed by atoms with E-state index in [1.165, 1.54) is 36.9 Å². The molecule has 0 unspecified atom stereocenters. The summed E-state index contributed by atoms with van der Waals surface area (Å²) in [7, 11) is -1.39. The van der Waals surface area contributed by atoms with E-state index in [0.717, 1.165) is 15.7 Å². The lowest BCUT2D eigenvalue weighted by Gasteiger charge is -2.19. The van der Waals surface area contributed by atoms with Gasteiger partial charge in [-0.2, -0.15) is 4.72 Å². The van der Waals surface area contributed by atoms with Gasteiger partial charge in [-0.1, -0.05) is 42.5 Å². The fourth-order valence-corrected chi connectivity index (χ4v) is 5.21. The summed E-state index contributed by atoms with van der Waals surface area (Å²) in [4.78, 5) is 37.9. The van der Waals surface area contributed by atoms with Gasteiger partial charge in [-0.15, -0.1) is 0 Å². The molecule has 9 nitrogen and oxygen atoms in total. The van der Waals surface area contributed by atoms with Crippen LogP contribution in [0.3, 0.4) is 0 Å². The number of rotatable bonds is 7. The number of carbonyl (C=O) groups is 1. The highest BCUT2D eigenvalue weighted by Crippen LogP contribution is 2.17. The molecule has 2 N–H and O–H groups in total. The number of benzene rings is 3. The van der Waals surface area contributed by atoms with E-state index in [4.69, 9.17) is 0 Å². The number of hydrogen-bond donors (Lipinski definition) is 2. The maximum atomic E-state index is 13.4. The van der Waals surface area contributed by atoms with Crippen molar-refractivity contribution < 1.29 is 13.2 Å². The number of fused-ring (bicyclic) bond motifs is 1. The molecule has 0 fully saturated rings. The first kappa shape index (κ1) is 25.1. The molecule has 1 aromatic heterocycles. The van der Waals surface area contributed by atoms with E-state index in [1.54, 1.807) is 18.2 Å². The molecule has 4 rings (SSSR count). The van der Waals surface area contributed by atoms with Crippen LogP contribution in [-0.4, -0.2) is 29.5 Å². The van der Waals surface area contributed by atoms with Crippen LogP contribution in [0.2, 0.25) is 0 Å². The Bertz CT molecular complexity index is 1670. The highest BCUT2D eigenvalue weighted by Gasteiger charge is 2.27. The third-order valence-electron chi connectivity index (χ3n) is 5.93. The van der Waals surface area contributed by atoms with Crippen LogP contribution in [0.1, 0.15) is 11.1 Å². The molecule has 0 saturated heterocycles. The molecule has 1 amide bonds. The molecule has 0 aliphatic carbocycles. The molecule has 0 aliphatic rings. The van der Waals surface area contributed by atoms with Crippen LogP contribution in [0.25, 0.3) is 10.9 Å². The van der Waals surface area contributed by atoms with Gasteiger partial charge < -0.3 is 5.32 Å². The van der Waals surface area contributed by atoms with E-state index in [9.17, 15) is 22.8 Å². The molecule has 10 heteroatoms. The molecule has 0 radical (unpaired) electrons. The van der Waals surface area contributed by atoms with Crippen LogP contribution < -0.4 is 21.3 Å². The Hall–Kier alpha value is -4.02. The fraction of sp³-hybridized carbons (Fsp3) is 0.192. The first-order valence-electron chi connectivity index (χ1n) is 11.2. The number of anilines is 1. The number of nitrogens with one attached hydrogen (secondary N) is 2. The molecular formula is C26H26N4O5S. The van der Waals surface area contributed by atoms with Gasteiger partial charge in [0.05, 0.1) is 15.8 Å². The second-order valence-electron chi connectivity index (χ2n) is 8.61. The lowest BCUT2D eigenvalue weighted by atomic mass is 10.1. The number of amides is 1. The van der Waals surface area contributed by atoms with Gasteiger partial charge in [-0.3, -0.25) is 18.7 Å². The zero-order valence-electron chi connectivity index (χ0n) is 20.1. The summed E-state index contributed by atoms with van der Waals surface area (Å²) >= 11 is 0. The van der Waals surface area contributed by atoms with Crippen LogP contribution in [0.5, 0.6) is 0 Å². The Morgan fingerprint density at radius 2 is 1.64 bits per heavy atom. The van der Waals surface area contributed by atoms with Gasteiger partial charge in [0, 0.05) is 19.8 Å². The van der Waals surface area contributed by atoms with Gasteiger partial charge >= 0.3 is 5.69 Å². The largest absolute Gasteiger partial charge is 0.330 e. The second-order valence-corrected chi connectivity index (χ2v) is 10.3. The minimum atomic E-state index is -4.22. The van der Waals surface area contributed by atoms with Crippen molar-refractivity contribution in [2.75, 3.05) is 5.32 Å². The van der Waals surface area contributed by atoms with Gasteiger partial charge in [0.15, 0.2) is 0 Å². The van der Waals surface area contributed by atoms with Crippen molar-refractivity contribution in [2.45, 2.75) is 24.3 Å². The van der Waals surface area contributed by atoms with Crippen molar-refractivity contribution in [3.8, 4) is 0 Å². The summed E-state index contributed by atoms with van der Waals surface area (Å²) < 4.78 is 31.4. The third-order valence-corrected chi connectivity index (χ3v) is 7.40. The number of sulfonamides is 1. The Labute approximate surface area is 208 Å². The first-order valence-corrected chi connectivity index (χ1v) is 12.7. The lowest BCUT2D eigenvalue weighted by Crippen LogP contribution is -2.45. The topological polar surface area (TPSA) is 119 Å². The number of nitrogens with zero attached hydrogens (tertiary/aromatic N) is 2. The van der Waals surface area contributed by atoms with Crippen LogP contribution in [-0.2, 0) is 35.3 Å². The maximum absolute atomic E-state index is 13.4. The third kappa shape index (κ3) is 5.14. The average molecular weight is 507 g/mol. The molecule has 0 bridgehead atoms. The molecular weight excluding hydrogens is 480 g/mol. The smallest absolute Gasteiger partial charge is 0.325 e. The molecule has 36 heavy (non-hydrogen) atoms. The van der Waals surface area contributed by atoms with Crippen molar-refractivity contribution in [3.05, 3.63) is 105 Å². The Morgan fingerprint density at radius 1 is 0.917 bits per heavy atom. The van der Waals surface area contributed by atoms with Crippen molar-refractivity contribution >= 4 is 32.5 Å². The maximum Gasteiger partial charge on any atom is 0.330 e. The Morgan fingerprint density at radius 3 is 2.33 bits per heavy atom. The zero-order valence-corrected chi connectivity index (χ0v) is 20.9. The van der Waals surface area contributed by atoms with Gasteiger partial charge in [-0.25, -0.2) is 13.2 Å². The minimum absolute atomic E-state index is 0.0753. The molecule has 1 heterocycles. The summed E-state index contributed by atoms with van der Waals surface area (Å²) in [6.07, 6.45) is 0.113. The standard InChI is InChI=1S/C26H26N4O5S/c1-17-8-7-11-19(14-17)27-24(31)22(15-18-9-5-4-6-10-18)28-36(34,35)20-12-13-23-21(16-20)25(32)30(3)26(33)29(23)2/h4-14,16,22,28H,15H2,1-3H3,(H,27,31)/t22-/m1/s1. The predicted molar refractivity (Wildman–Crippen MR) is 138 cm³/mol. The fourth-order valence-electron chi connectivity index (χ4n) is 3.99. The monoisotopic (exact) mass is 506 g/mol. The second kappa shape index (κ2) is 9.92. The molecule has 186 valence electrons. The summed E-state index contributed by atoms with van der Waals surface area (Å²) in [5.74, 6) is -0.521. The van der Waals surface area contributed by atoms with Crippen molar-refractivity contribution in [3.63, 3.8) is 0 Å². The van der Waals surface area contributed by atoms with Gasteiger partial charge in [0.2, 0.25) is 15.9 Å². The van der Waals surface area contributed by atoms with E-state index in [2.05, 4.69) is 10.0 Å². The average Bonchev–Trinajstić information content (AvgIpc) is 2.86. The highest BCUT2D eigenvalue weighted by atomic mass is 32.2. The van der Waals surface area contributed by atoms with Gasteiger partial charge in [-0.05, 0) is 54.8 Å². The van der Waals surface area contributed by atoms with Crippen LogP contribution in [0.15, 0.2) is 87.3 Å². The molecule has 0 saturated carbocycles. The highest BCUT2D eigenvalue weighted by molar-refractivity contribution is 7.89. The predicted octanol–water partition coefficient (Wildman–Crippen LogP) is 2.07. The van der Waals surface area contributed by atoms with Crippen molar-refractivity contribution in [2.24, 2.45) is 14.1 Å². The minimum Gasteiger partial charge on any atom is -0.325 e. The van der Waals surface area contributed by atoms with Crippen LogP contribution in [0, 0.1) is 6.92 Å². The number of hydrogen-bond acceptors (Lipinski definition) is 5. The summed E-state index contributed by atoms with van der Waals surface area (Å²) in [6.45, 7) is 1.89. The molecule has 3 aromatic carbocycles. The summed E-state index contributed by atoms with van der Waals surface area (Å²) in [6, 6.07) is 19.1. The Balaban J connectivity index is 1.71. The number of aromatic nitrogens is 2. The summed E-state index contributed by atoms with van der Waals surface area (Å²) in [5.41, 5.74) is 1.44. The SMILES string of the molecule is Cc1cccc(NC(=O)[C@@H](Cc2ccccc2)NS(=O)(=O)c2ccc3c(c2)c(=O)n(C)c(=O)n3C)c1. The van der Waals surface area contributed by atoms with E-state index in [1.807, 2.05) is 43.3 Å². The number of aryl methyl sites for hydroxylation is 2. The molecule has 4 aromatic rings. The van der Waals surface area contributed by atoms with Crippen molar-refractivity contribution in [1.82, 2.24) is 13.9 Å². The van der Waals surface area contributed by atoms with Crippen LogP contribution in [0.4, 0.5) is 5.69 Å². The first-order chi connectivity index (χ1) is 17.1. The number of carbonyl (C=O) groups excluding carboxylic acids is 1. The van der Waals surface area contributed by atoms with Gasteiger partial charge in [0.25, 0.3) is 5.56 Å². The van der Waals surface area contributed by atoms with E-state index < -0.39 is 33.2 Å². The lowest BCUT2D eigenvalue weighted by molar-refractivity contribution is -0.117. The molecule has 1 atom stereocenters. The molecule has 0 spiro atoms. The van der Waals surface area contributed by atoms with Crippen LogP contribution >= 0.6 is 0 Å². The Kier molecular flexibility index (Phi) is 6.91. The molecule has 0 aliphatic heterocycles. The normalized spacial score (nSPS) is 12.4. The van der Waals surface area contributed by atoms with Crippen molar-refractivity contribution in [1.29, 1.82) is 0 Å². The van der Waals surface area contributed by atoms with E-state index in [-0.39, 0.29) is 16.7 Å². The summed E-state index contributed by atoms with van der Waals surface area (Å²) in [5, 5.41) is 2.86. The van der Waals surface area contributed by atoms with E-state index in [0.29, 0.717) is 11.2 Å². The van der Waals surface area contributed by atoms with Gasteiger partial charge in [0.1, 0.15) is 6.04 Å². The van der Waals surface area contributed by atoms with E-state index >= 15 is 0 Å². The quantitative estimate of drug-likeness (QED) is 0.398. The zero-order chi connectivity index (χ0) is 26.0.